The van der Waals surface area contributed by atoms with Gasteiger partial charge >= 0.3 is 0 Å². The van der Waals surface area contributed by atoms with Crippen molar-refractivity contribution in [3.8, 4) is 22.6 Å². The molecule has 0 aromatic heterocycles. The lowest BCUT2D eigenvalue weighted by molar-refractivity contribution is 0.185. The molecule has 3 nitrogen and oxygen atoms in total. The molecule has 2 N–H and O–H groups in total. The highest BCUT2D eigenvalue weighted by atomic mass is 35.5. The van der Waals surface area contributed by atoms with E-state index in [2.05, 4.69) is 36.3 Å². The zero-order valence-corrected chi connectivity index (χ0v) is 20.3. The first kappa shape index (κ1) is 24.1. The Kier molecular flexibility index (Phi) is 7.77. The molecule has 1 aliphatic rings. The van der Waals surface area contributed by atoms with Gasteiger partial charge in [-0.05, 0) is 97.4 Å². The van der Waals surface area contributed by atoms with Crippen LogP contribution in [0, 0.1) is 0 Å². The smallest absolute Gasteiger partial charge is 0.128 e. The summed E-state index contributed by atoms with van der Waals surface area (Å²) in [6, 6.07) is 17.5. The fraction of sp³-hybridized carbons (Fsp3) is 0.267. The first-order valence-corrected chi connectivity index (χ1v) is 12.3. The van der Waals surface area contributed by atoms with Crippen molar-refractivity contribution in [2.75, 3.05) is 13.1 Å². The van der Waals surface area contributed by atoms with E-state index in [-0.39, 0.29) is 17.5 Å². The van der Waals surface area contributed by atoms with Crippen molar-refractivity contribution in [2.45, 2.75) is 38.1 Å². The van der Waals surface area contributed by atoms with E-state index in [1.165, 1.54) is 6.42 Å². The molecule has 0 bridgehead atoms. The molecule has 0 saturated carbocycles. The molecule has 1 unspecified atom stereocenters. The molecule has 3 aromatic rings. The quantitative estimate of drug-likeness (QED) is 0.334. The van der Waals surface area contributed by atoms with Crippen LogP contribution in [0.2, 0.25) is 5.02 Å². The van der Waals surface area contributed by atoms with E-state index in [4.69, 9.17) is 11.6 Å². The van der Waals surface area contributed by atoms with E-state index in [9.17, 15) is 10.2 Å². The number of phenolic OH excluding ortho intramolecular Hbond substituents is 2. The van der Waals surface area contributed by atoms with Gasteiger partial charge in [-0.25, -0.2) is 0 Å². The molecule has 3 aromatic carbocycles. The number of allylic oxidation sites excluding steroid dienone is 2. The molecule has 4 rings (SSSR count). The Bertz CT molecular complexity index is 1160. The number of piperidine rings is 1. The molecule has 1 fully saturated rings. The van der Waals surface area contributed by atoms with Gasteiger partial charge < -0.3 is 10.2 Å². The largest absolute Gasteiger partial charge is 0.508 e. The molecule has 4 heteroatoms. The monoisotopic (exact) mass is 473 g/mol. The number of phenols is 2. The van der Waals surface area contributed by atoms with Crippen molar-refractivity contribution >= 4 is 11.6 Å². The number of benzene rings is 3. The van der Waals surface area contributed by atoms with Gasteiger partial charge in [0, 0.05) is 16.1 Å². The van der Waals surface area contributed by atoms with Gasteiger partial charge in [-0.15, -0.1) is 13.2 Å². The van der Waals surface area contributed by atoms with E-state index < -0.39 is 0 Å². The summed E-state index contributed by atoms with van der Waals surface area (Å²) in [5, 5.41) is 22.6. The van der Waals surface area contributed by atoms with Crippen molar-refractivity contribution in [1.29, 1.82) is 0 Å². The lowest BCUT2D eigenvalue weighted by atomic mass is 9.88. The molecule has 0 radical (unpaired) electrons. The van der Waals surface area contributed by atoms with E-state index in [0.29, 0.717) is 17.9 Å². The molecule has 0 aliphatic carbocycles. The maximum atomic E-state index is 11.7. The zero-order valence-electron chi connectivity index (χ0n) is 19.5. The molecule has 34 heavy (non-hydrogen) atoms. The van der Waals surface area contributed by atoms with E-state index in [1.54, 1.807) is 12.1 Å². The summed E-state index contributed by atoms with van der Waals surface area (Å²) in [6.07, 6.45) is 8.44. The summed E-state index contributed by atoms with van der Waals surface area (Å²) >= 11 is 6.20. The second-order valence-corrected chi connectivity index (χ2v) is 9.40. The minimum absolute atomic E-state index is 0.0779. The summed E-state index contributed by atoms with van der Waals surface area (Å²) in [6.45, 7) is 9.69. The number of likely N-dealkylation sites (tertiary alicyclic amines) is 1. The highest BCUT2D eigenvalue weighted by molar-refractivity contribution is 6.30. The lowest BCUT2D eigenvalue weighted by Crippen LogP contribution is -2.34. The molecule has 0 amide bonds. The molecule has 1 saturated heterocycles. The first-order valence-electron chi connectivity index (χ1n) is 11.9. The van der Waals surface area contributed by atoms with Gasteiger partial charge in [0.05, 0.1) is 6.04 Å². The highest BCUT2D eigenvalue weighted by Crippen LogP contribution is 2.43. The average molecular weight is 474 g/mol. The topological polar surface area (TPSA) is 43.7 Å². The minimum Gasteiger partial charge on any atom is -0.508 e. The highest BCUT2D eigenvalue weighted by Gasteiger charge is 2.28. The average Bonchev–Trinajstić information content (AvgIpc) is 2.85. The number of rotatable bonds is 8. The minimum atomic E-state index is -0.0779. The van der Waals surface area contributed by atoms with Crippen molar-refractivity contribution in [2.24, 2.45) is 0 Å². The summed E-state index contributed by atoms with van der Waals surface area (Å²) in [7, 11) is 0. The summed E-state index contributed by atoms with van der Waals surface area (Å²) in [5.41, 5.74) is 5.50. The summed E-state index contributed by atoms with van der Waals surface area (Å²) < 4.78 is 0. The van der Waals surface area contributed by atoms with Crippen LogP contribution in [-0.2, 0) is 12.8 Å². The molecule has 176 valence electrons. The Hall–Kier alpha value is -3.01. The SMILES string of the molecule is C=CCc1cc(-c2ccc(O)c(CC=C)c2)c(O)c(C(c2ccc(Cl)cc2)N2CCCCC2)c1. The van der Waals surface area contributed by atoms with Gasteiger partial charge in [-0.2, -0.15) is 0 Å². The van der Waals surface area contributed by atoms with Gasteiger partial charge in [0.25, 0.3) is 0 Å². The second kappa shape index (κ2) is 10.9. The molecular weight excluding hydrogens is 442 g/mol. The number of aromatic hydroxyl groups is 2. The van der Waals surface area contributed by atoms with Crippen molar-refractivity contribution in [1.82, 2.24) is 4.90 Å². The number of hydrogen-bond donors (Lipinski definition) is 2. The van der Waals surface area contributed by atoms with Crippen molar-refractivity contribution < 1.29 is 10.2 Å². The molecule has 1 aliphatic heterocycles. The molecular formula is C30H32ClNO2. The van der Waals surface area contributed by atoms with Crippen LogP contribution in [0.3, 0.4) is 0 Å². The normalized spacial score (nSPS) is 15.1. The molecule has 1 heterocycles. The van der Waals surface area contributed by atoms with Gasteiger partial charge in [0.1, 0.15) is 11.5 Å². The Morgan fingerprint density at radius 1 is 0.882 bits per heavy atom. The Morgan fingerprint density at radius 2 is 1.59 bits per heavy atom. The summed E-state index contributed by atoms with van der Waals surface area (Å²) in [5.74, 6) is 0.506. The number of hydrogen-bond acceptors (Lipinski definition) is 3. The van der Waals surface area contributed by atoms with E-state index >= 15 is 0 Å². The zero-order chi connectivity index (χ0) is 24.1. The lowest BCUT2D eigenvalue weighted by Gasteiger charge is -2.36. The van der Waals surface area contributed by atoms with E-state index in [0.717, 1.165) is 59.3 Å². The van der Waals surface area contributed by atoms with Crippen LogP contribution in [0.4, 0.5) is 0 Å². The Labute approximate surface area is 207 Å². The first-order chi connectivity index (χ1) is 16.5. The Morgan fingerprint density at radius 3 is 2.26 bits per heavy atom. The van der Waals surface area contributed by atoms with Crippen LogP contribution in [0.1, 0.15) is 47.6 Å². The third-order valence-electron chi connectivity index (χ3n) is 6.57. The predicted octanol–water partition coefficient (Wildman–Crippen LogP) is 7.45. The summed E-state index contributed by atoms with van der Waals surface area (Å²) in [4.78, 5) is 2.46. The number of halogens is 1. The fourth-order valence-corrected chi connectivity index (χ4v) is 5.04. The van der Waals surface area contributed by atoms with Crippen LogP contribution in [0.15, 0.2) is 79.9 Å². The molecule has 1 atom stereocenters. The predicted molar refractivity (Wildman–Crippen MR) is 142 cm³/mol. The van der Waals surface area contributed by atoms with Gasteiger partial charge in [-0.1, -0.05) is 48.4 Å². The van der Waals surface area contributed by atoms with Gasteiger partial charge in [0.15, 0.2) is 0 Å². The number of nitrogens with zero attached hydrogens (tertiary/aromatic N) is 1. The third kappa shape index (κ3) is 5.22. The van der Waals surface area contributed by atoms with Crippen LogP contribution in [0.25, 0.3) is 11.1 Å². The van der Waals surface area contributed by atoms with Gasteiger partial charge in [0.2, 0.25) is 0 Å². The fourth-order valence-electron chi connectivity index (χ4n) is 4.91. The van der Waals surface area contributed by atoms with Crippen molar-refractivity contribution in [3.05, 3.63) is 107 Å². The third-order valence-corrected chi connectivity index (χ3v) is 6.82. The van der Waals surface area contributed by atoms with Gasteiger partial charge in [-0.3, -0.25) is 4.90 Å². The van der Waals surface area contributed by atoms with E-state index in [1.807, 2.05) is 36.4 Å². The van der Waals surface area contributed by atoms with Crippen LogP contribution < -0.4 is 0 Å². The van der Waals surface area contributed by atoms with Crippen LogP contribution in [-0.4, -0.2) is 28.2 Å². The molecule has 0 spiro atoms. The van der Waals surface area contributed by atoms with Crippen LogP contribution in [0.5, 0.6) is 11.5 Å². The maximum Gasteiger partial charge on any atom is 0.128 e. The van der Waals surface area contributed by atoms with Crippen molar-refractivity contribution in [3.63, 3.8) is 0 Å². The van der Waals surface area contributed by atoms with Crippen LogP contribution >= 0.6 is 11.6 Å². The Balaban J connectivity index is 1.90. The second-order valence-electron chi connectivity index (χ2n) is 8.96. The standard InChI is InChI=1S/C30H32ClNO2/c1-3-8-21-18-26(23-12-15-28(33)24(20-23)9-4-2)30(34)27(19-21)29(32-16-6-5-7-17-32)22-10-13-25(31)14-11-22/h3-4,10-15,18-20,29,33-34H,1-2,5-9,16-17H2. The maximum absolute atomic E-state index is 11.7.